The van der Waals surface area contributed by atoms with Crippen LogP contribution in [0.1, 0.15) is 26.3 Å². The fourth-order valence-corrected chi connectivity index (χ4v) is 1.88. The van der Waals surface area contributed by atoms with E-state index in [0.29, 0.717) is 5.92 Å². The molecule has 0 fully saturated rings. The summed E-state index contributed by atoms with van der Waals surface area (Å²) in [5.74, 6) is 1.06. The van der Waals surface area contributed by atoms with E-state index in [0.717, 1.165) is 17.7 Å². The number of benzene rings is 1. The van der Waals surface area contributed by atoms with Crippen molar-refractivity contribution in [3.63, 3.8) is 0 Å². The molecule has 19 heavy (non-hydrogen) atoms. The van der Waals surface area contributed by atoms with Crippen LogP contribution in [-0.4, -0.2) is 25.1 Å². The SMILES string of the molecule is COc1ccccc1CC(NC(=O)[C@H](C)N)C(C)C. The summed E-state index contributed by atoms with van der Waals surface area (Å²) >= 11 is 0. The van der Waals surface area contributed by atoms with E-state index in [1.807, 2.05) is 24.3 Å². The molecular weight excluding hydrogens is 240 g/mol. The zero-order valence-corrected chi connectivity index (χ0v) is 12.1. The van der Waals surface area contributed by atoms with Crippen molar-refractivity contribution in [1.82, 2.24) is 5.32 Å². The standard InChI is InChI=1S/C15H24N2O2/c1-10(2)13(17-15(18)11(3)16)9-12-7-5-6-8-14(12)19-4/h5-8,10-11,13H,9,16H2,1-4H3,(H,17,18)/t11-,13?/m0/s1. The minimum absolute atomic E-state index is 0.0507. The van der Waals surface area contributed by atoms with Gasteiger partial charge in [-0.3, -0.25) is 4.79 Å². The highest BCUT2D eigenvalue weighted by Gasteiger charge is 2.19. The molecule has 0 heterocycles. The Morgan fingerprint density at radius 2 is 1.95 bits per heavy atom. The first kappa shape index (κ1) is 15.5. The fraction of sp³-hybridized carbons (Fsp3) is 0.533. The molecule has 0 aliphatic heterocycles. The van der Waals surface area contributed by atoms with Gasteiger partial charge in [-0.25, -0.2) is 0 Å². The predicted octanol–water partition coefficient (Wildman–Crippen LogP) is 1.73. The first-order chi connectivity index (χ1) is 8.95. The third-order valence-electron chi connectivity index (χ3n) is 3.18. The average Bonchev–Trinajstić information content (AvgIpc) is 2.38. The molecule has 1 aromatic carbocycles. The smallest absolute Gasteiger partial charge is 0.236 e. The first-order valence-electron chi connectivity index (χ1n) is 6.63. The molecule has 4 nitrogen and oxygen atoms in total. The van der Waals surface area contributed by atoms with Crippen LogP contribution in [0.3, 0.4) is 0 Å². The maximum absolute atomic E-state index is 11.7. The Kier molecular flexibility index (Phi) is 5.83. The van der Waals surface area contributed by atoms with Crippen LogP contribution in [0.15, 0.2) is 24.3 Å². The fourth-order valence-electron chi connectivity index (χ4n) is 1.88. The minimum Gasteiger partial charge on any atom is -0.496 e. The zero-order chi connectivity index (χ0) is 14.4. The molecule has 0 spiro atoms. The Morgan fingerprint density at radius 1 is 1.32 bits per heavy atom. The van der Waals surface area contributed by atoms with Crippen LogP contribution in [0, 0.1) is 5.92 Å². The molecule has 106 valence electrons. The Bertz CT molecular complexity index is 416. The molecule has 2 atom stereocenters. The van der Waals surface area contributed by atoms with Crippen LogP contribution >= 0.6 is 0 Å². The Morgan fingerprint density at radius 3 is 2.47 bits per heavy atom. The summed E-state index contributed by atoms with van der Waals surface area (Å²) in [4.78, 5) is 11.7. The van der Waals surface area contributed by atoms with E-state index in [1.165, 1.54) is 0 Å². The minimum atomic E-state index is -0.487. The molecule has 1 rings (SSSR count). The van der Waals surface area contributed by atoms with Gasteiger partial charge in [-0.15, -0.1) is 0 Å². The van der Waals surface area contributed by atoms with Crippen molar-refractivity contribution >= 4 is 5.91 Å². The molecule has 1 aromatic rings. The van der Waals surface area contributed by atoms with Gasteiger partial charge >= 0.3 is 0 Å². The van der Waals surface area contributed by atoms with Gasteiger partial charge in [0.2, 0.25) is 5.91 Å². The summed E-state index contributed by atoms with van der Waals surface area (Å²) in [6, 6.07) is 7.43. The normalized spacial score (nSPS) is 14.0. The molecule has 0 radical (unpaired) electrons. The van der Waals surface area contributed by atoms with Crippen molar-refractivity contribution in [2.24, 2.45) is 11.7 Å². The summed E-state index contributed by atoms with van der Waals surface area (Å²) in [6.45, 7) is 5.86. The number of hydrogen-bond donors (Lipinski definition) is 2. The zero-order valence-electron chi connectivity index (χ0n) is 12.1. The van der Waals surface area contributed by atoms with Crippen LogP contribution in [0.5, 0.6) is 5.75 Å². The van der Waals surface area contributed by atoms with E-state index >= 15 is 0 Å². The van der Waals surface area contributed by atoms with Crippen LogP contribution in [0.2, 0.25) is 0 Å². The Hall–Kier alpha value is -1.55. The lowest BCUT2D eigenvalue weighted by Gasteiger charge is -2.24. The van der Waals surface area contributed by atoms with Gasteiger partial charge in [0.05, 0.1) is 13.2 Å². The summed E-state index contributed by atoms with van der Waals surface area (Å²) in [5, 5.41) is 3.00. The molecule has 0 saturated carbocycles. The van der Waals surface area contributed by atoms with Gasteiger partial charge in [-0.2, -0.15) is 0 Å². The molecule has 0 aliphatic rings. The number of para-hydroxylation sites is 1. The van der Waals surface area contributed by atoms with Crippen molar-refractivity contribution in [3.05, 3.63) is 29.8 Å². The number of rotatable bonds is 6. The van der Waals surface area contributed by atoms with Gasteiger partial charge in [-0.05, 0) is 30.9 Å². The maximum atomic E-state index is 11.7. The average molecular weight is 264 g/mol. The molecule has 0 aromatic heterocycles. The molecule has 0 bridgehead atoms. The van der Waals surface area contributed by atoms with Crippen LogP contribution in [0.25, 0.3) is 0 Å². The summed E-state index contributed by atoms with van der Waals surface area (Å²) < 4.78 is 5.34. The van der Waals surface area contributed by atoms with Crippen molar-refractivity contribution in [2.75, 3.05) is 7.11 Å². The number of nitrogens with one attached hydrogen (secondary N) is 1. The Balaban J connectivity index is 2.81. The van der Waals surface area contributed by atoms with Crippen molar-refractivity contribution in [2.45, 2.75) is 39.3 Å². The van der Waals surface area contributed by atoms with Crippen LogP contribution in [0.4, 0.5) is 0 Å². The number of nitrogens with two attached hydrogens (primary N) is 1. The second-order valence-electron chi connectivity index (χ2n) is 5.16. The van der Waals surface area contributed by atoms with Crippen molar-refractivity contribution in [1.29, 1.82) is 0 Å². The Labute approximate surface area is 115 Å². The molecule has 1 amide bonds. The van der Waals surface area contributed by atoms with E-state index < -0.39 is 6.04 Å². The van der Waals surface area contributed by atoms with Gasteiger partial charge in [-0.1, -0.05) is 32.0 Å². The van der Waals surface area contributed by atoms with Gasteiger partial charge in [0.15, 0.2) is 0 Å². The quantitative estimate of drug-likeness (QED) is 0.822. The number of hydrogen-bond acceptors (Lipinski definition) is 3. The van der Waals surface area contributed by atoms with Crippen LogP contribution < -0.4 is 15.8 Å². The molecule has 0 saturated heterocycles. The highest BCUT2D eigenvalue weighted by Crippen LogP contribution is 2.21. The lowest BCUT2D eigenvalue weighted by Crippen LogP contribution is -2.46. The van der Waals surface area contributed by atoms with Gasteiger partial charge in [0.25, 0.3) is 0 Å². The molecule has 0 aliphatic carbocycles. The lowest BCUT2D eigenvalue weighted by molar-refractivity contribution is -0.123. The molecule has 4 heteroatoms. The van der Waals surface area contributed by atoms with Gasteiger partial charge < -0.3 is 15.8 Å². The van der Waals surface area contributed by atoms with E-state index in [2.05, 4.69) is 19.2 Å². The van der Waals surface area contributed by atoms with E-state index in [-0.39, 0.29) is 11.9 Å². The highest BCUT2D eigenvalue weighted by molar-refractivity contribution is 5.81. The van der Waals surface area contributed by atoms with Crippen molar-refractivity contribution < 1.29 is 9.53 Å². The third kappa shape index (κ3) is 4.56. The predicted molar refractivity (Wildman–Crippen MR) is 77.1 cm³/mol. The summed E-state index contributed by atoms with van der Waals surface area (Å²) in [7, 11) is 1.66. The van der Waals surface area contributed by atoms with E-state index in [9.17, 15) is 4.79 Å². The topological polar surface area (TPSA) is 64.3 Å². The van der Waals surface area contributed by atoms with Gasteiger partial charge in [0.1, 0.15) is 5.75 Å². The monoisotopic (exact) mass is 264 g/mol. The second kappa shape index (κ2) is 7.14. The van der Waals surface area contributed by atoms with Crippen molar-refractivity contribution in [3.8, 4) is 5.75 Å². The maximum Gasteiger partial charge on any atom is 0.236 e. The third-order valence-corrected chi connectivity index (χ3v) is 3.18. The number of amides is 1. The number of methoxy groups -OCH3 is 1. The number of carbonyl (C=O) groups excluding carboxylic acids is 1. The molecule has 3 N–H and O–H groups in total. The van der Waals surface area contributed by atoms with E-state index in [4.69, 9.17) is 10.5 Å². The second-order valence-corrected chi connectivity index (χ2v) is 5.16. The summed E-state index contributed by atoms with van der Waals surface area (Å²) in [5.41, 5.74) is 6.69. The van der Waals surface area contributed by atoms with E-state index in [1.54, 1.807) is 14.0 Å². The number of carbonyl (C=O) groups is 1. The summed E-state index contributed by atoms with van der Waals surface area (Å²) in [6.07, 6.45) is 0.736. The highest BCUT2D eigenvalue weighted by atomic mass is 16.5. The molecule has 1 unspecified atom stereocenters. The molecular formula is C15H24N2O2. The van der Waals surface area contributed by atoms with Crippen LogP contribution in [-0.2, 0) is 11.2 Å². The number of ether oxygens (including phenoxy) is 1. The lowest BCUT2D eigenvalue weighted by atomic mass is 9.95. The first-order valence-corrected chi connectivity index (χ1v) is 6.63. The largest absolute Gasteiger partial charge is 0.496 e. The van der Waals surface area contributed by atoms with Gasteiger partial charge in [0, 0.05) is 6.04 Å².